The zero-order valence-corrected chi connectivity index (χ0v) is 20.8. The van der Waals surface area contributed by atoms with Crippen LogP contribution in [-0.4, -0.2) is 62.5 Å². The van der Waals surface area contributed by atoms with Gasteiger partial charge in [0.2, 0.25) is 0 Å². The van der Waals surface area contributed by atoms with Gasteiger partial charge in [-0.05, 0) is 56.3 Å². The molecule has 9 nitrogen and oxygen atoms in total. The summed E-state index contributed by atoms with van der Waals surface area (Å²) in [6.45, 7) is 5.52. The second kappa shape index (κ2) is 9.11. The van der Waals surface area contributed by atoms with Gasteiger partial charge < -0.3 is 15.5 Å². The normalized spacial score (nSPS) is 16.5. The molecule has 2 aliphatic rings. The minimum Gasteiger partial charge on any atom is -0.351 e. The first-order valence-corrected chi connectivity index (χ1v) is 13.0. The molecule has 1 spiro atoms. The SMILES string of the molecule is Cc1ncc(C(=O)NCCN2CCC3(CC3)C2)cc1NC(=O)c1cnn2cc(-c3ccccn3)sc12.[HH].[HH]. The van der Waals surface area contributed by atoms with E-state index >= 15 is 0 Å². The van der Waals surface area contributed by atoms with Gasteiger partial charge in [-0.25, -0.2) is 4.52 Å². The van der Waals surface area contributed by atoms with Crippen molar-refractivity contribution >= 4 is 33.7 Å². The van der Waals surface area contributed by atoms with Crippen molar-refractivity contribution in [3.63, 3.8) is 0 Å². The second-order valence-corrected chi connectivity index (χ2v) is 10.7. The van der Waals surface area contributed by atoms with Crippen LogP contribution >= 0.6 is 11.3 Å². The van der Waals surface area contributed by atoms with Crippen LogP contribution in [0.2, 0.25) is 0 Å². The molecule has 2 fully saturated rings. The van der Waals surface area contributed by atoms with E-state index in [2.05, 4.69) is 30.6 Å². The van der Waals surface area contributed by atoms with Crippen molar-refractivity contribution in [3.8, 4) is 10.6 Å². The number of likely N-dealkylation sites (tertiary alicyclic amines) is 1. The molecule has 0 unspecified atom stereocenters. The van der Waals surface area contributed by atoms with Crippen LogP contribution in [0, 0.1) is 12.3 Å². The van der Waals surface area contributed by atoms with Crippen LogP contribution in [0.5, 0.6) is 0 Å². The topological polar surface area (TPSA) is 105 Å². The number of aryl methyl sites for hydroxylation is 1. The van der Waals surface area contributed by atoms with Gasteiger partial charge in [-0.3, -0.25) is 19.6 Å². The lowest BCUT2D eigenvalue weighted by Crippen LogP contribution is -2.34. The van der Waals surface area contributed by atoms with Crippen LogP contribution in [0.4, 0.5) is 5.69 Å². The number of nitrogens with one attached hydrogen (secondary N) is 2. The highest BCUT2D eigenvalue weighted by Crippen LogP contribution is 2.52. The van der Waals surface area contributed by atoms with Crippen LogP contribution in [0.1, 0.15) is 48.5 Å². The van der Waals surface area contributed by atoms with Gasteiger partial charge >= 0.3 is 0 Å². The zero-order chi connectivity index (χ0) is 24.7. The molecule has 0 atom stereocenters. The first-order valence-electron chi connectivity index (χ1n) is 12.2. The number of hydrogen-bond acceptors (Lipinski definition) is 7. The van der Waals surface area contributed by atoms with Gasteiger partial charge in [0.25, 0.3) is 11.8 Å². The number of hydrogen-bond donors (Lipinski definition) is 2. The van der Waals surface area contributed by atoms with E-state index in [1.807, 2.05) is 24.4 Å². The average Bonchev–Trinajstić information content (AvgIpc) is 3.18. The number of fused-ring (bicyclic) bond motifs is 1. The maximum atomic E-state index is 13.1. The molecule has 2 amide bonds. The summed E-state index contributed by atoms with van der Waals surface area (Å²) < 4.78 is 1.68. The maximum Gasteiger partial charge on any atom is 0.260 e. The van der Waals surface area contributed by atoms with Crippen molar-refractivity contribution in [2.24, 2.45) is 5.41 Å². The smallest absolute Gasteiger partial charge is 0.260 e. The van der Waals surface area contributed by atoms with Gasteiger partial charge in [0.05, 0.1) is 39.3 Å². The fourth-order valence-electron chi connectivity index (χ4n) is 4.78. The van der Waals surface area contributed by atoms with Crippen LogP contribution in [0.15, 0.2) is 49.1 Å². The Morgan fingerprint density at radius 2 is 2.06 bits per heavy atom. The van der Waals surface area contributed by atoms with Gasteiger partial charge in [-0.2, -0.15) is 5.10 Å². The van der Waals surface area contributed by atoms with Crippen molar-refractivity contribution in [2.75, 3.05) is 31.5 Å². The highest BCUT2D eigenvalue weighted by atomic mass is 32.1. The van der Waals surface area contributed by atoms with Crippen LogP contribution in [-0.2, 0) is 0 Å². The van der Waals surface area contributed by atoms with Crippen molar-refractivity contribution in [1.29, 1.82) is 0 Å². The fraction of sp³-hybridized carbons (Fsp3) is 0.346. The lowest BCUT2D eigenvalue weighted by molar-refractivity contribution is 0.0947. The van der Waals surface area contributed by atoms with Crippen LogP contribution < -0.4 is 10.6 Å². The van der Waals surface area contributed by atoms with Crippen molar-refractivity contribution in [1.82, 2.24) is 29.8 Å². The summed E-state index contributed by atoms with van der Waals surface area (Å²) in [5.41, 5.74) is 3.43. The molecule has 5 heterocycles. The predicted molar refractivity (Wildman–Crippen MR) is 143 cm³/mol. The van der Waals surface area contributed by atoms with Gasteiger partial charge in [0, 0.05) is 41.1 Å². The Labute approximate surface area is 215 Å². The van der Waals surface area contributed by atoms with E-state index in [9.17, 15) is 9.59 Å². The van der Waals surface area contributed by atoms with Crippen molar-refractivity contribution < 1.29 is 12.4 Å². The Bertz CT molecular complexity index is 1450. The summed E-state index contributed by atoms with van der Waals surface area (Å²) >= 11 is 1.45. The highest BCUT2D eigenvalue weighted by Gasteiger charge is 2.47. The molecule has 1 saturated carbocycles. The first kappa shape index (κ1) is 22.8. The predicted octanol–water partition coefficient (Wildman–Crippen LogP) is 4.12. The van der Waals surface area contributed by atoms with E-state index in [-0.39, 0.29) is 14.7 Å². The fourth-order valence-corrected chi connectivity index (χ4v) is 5.81. The molecule has 1 aliphatic carbocycles. The third-order valence-electron chi connectivity index (χ3n) is 7.14. The standard InChI is InChI=1S/C26H27N7O2S.2H2/c1-17-21(12-18(13-29-17)23(34)28-9-11-32-10-7-26(16-32)5-6-26)31-24(35)19-14-30-33-15-22(36-25(19)33)20-4-2-3-8-27-20;;/h2-4,8,12-15H,5-7,9-11,16H2,1H3,(H,28,34)(H,31,35);2*1H. The number of thiazole rings is 1. The van der Waals surface area contributed by atoms with E-state index in [1.54, 1.807) is 36.1 Å². The number of nitrogens with zero attached hydrogens (tertiary/aromatic N) is 5. The molecule has 0 bridgehead atoms. The Balaban J connectivity index is 0.00000168. The molecule has 2 N–H and O–H groups in total. The quantitative estimate of drug-likeness (QED) is 0.392. The maximum absolute atomic E-state index is 13.1. The largest absolute Gasteiger partial charge is 0.351 e. The Morgan fingerprint density at radius 1 is 1.17 bits per heavy atom. The van der Waals surface area contributed by atoms with E-state index < -0.39 is 0 Å². The average molecular weight is 506 g/mol. The monoisotopic (exact) mass is 505 g/mol. The number of amides is 2. The van der Waals surface area contributed by atoms with E-state index in [4.69, 9.17) is 0 Å². The Morgan fingerprint density at radius 3 is 2.83 bits per heavy atom. The van der Waals surface area contributed by atoms with Gasteiger partial charge in [0.15, 0.2) is 0 Å². The lowest BCUT2D eigenvalue weighted by Gasteiger charge is -2.16. The summed E-state index contributed by atoms with van der Waals surface area (Å²) in [7, 11) is 0. The summed E-state index contributed by atoms with van der Waals surface area (Å²) in [4.78, 5) is 38.7. The summed E-state index contributed by atoms with van der Waals surface area (Å²) in [5.74, 6) is -0.491. The summed E-state index contributed by atoms with van der Waals surface area (Å²) in [5, 5.41) is 10.2. The van der Waals surface area contributed by atoms with E-state index in [1.165, 1.54) is 30.6 Å². The van der Waals surface area contributed by atoms with Crippen LogP contribution in [0.25, 0.3) is 15.4 Å². The number of pyridine rings is 2. The number of aromatic nitrogens is 4. The third-order valence-corrected chi connectivity index (χ3v) is 8.28. The minimum atomic E-state index is -0.301. The summed E-state index contributed by atoms with van der Waals surface area (Å²) in [6, 6.07) is 7.39. The summed E-state index contributed by atoms with van der Waals surface area (Å²) in [6.07, 6.45) is 10.7. The molecule has 1 saturated heterocycles. The van der Waals surface area contributed by atoms with Crippen LogP contribution in [0.3, 0.4) is 0 Å². The molecule has 0 aromatic carbocycles. The number of anilines is 1. The molecule has 0 radical (unpaired) electrons. The first-order chi connectivity index (χ1) is 17.5. The number of carbonyl (C=O) groups is 2. The highest BCUT2D eigenvalue weighted by molar-refractivity contribution is 7.21. The number of rotatable bonds is 7. The molecule has 1 aliphatic heterocycles. The number of carbonyl (C=O) groups excluding carboxylic acids is 2. The second-order valence-electron chi connectivity index (χ2n) is 9.71. The lowest BCUT2D eigenvalue weighted by atomic mass is 10.1. The molecular weight excluding hydrogens is 474 g/mol. The molecular formula is C26H31N7O2S. The van der Waals surface area contributed by atoms with Crippen molar-refractivity contribution in [2.45, 2.75) is 26.2 Å². The minimum absolute atomic E-state index is 0. The molecule has 4 aromatic heterocycles. The Hall–Kier alpha value is -3.63. The molecule has 36 heavy (non-hydrogen) atoms. The zero-order valence-electron chi connectivity index (χ0n) is 20.0. The van der Waals surface area contributed by atoms with E-state index in [0.29, 0.717) is 34.5 Å². The van der Waals surface area contributed by atoms with Crippen molar-refractivity contribution in [3.05, 3.63) is 65.9 Å². The van der Waals surface area contributed by atoms with Gasteiger partial charge in [-0.1, -0.05) is 6.07 Å². The van der Waals surface area contributed by atoms with Gasteiger partial charge in [0.1, 0.15) is 4.83 Å². The van der Waals surface area contributed by atoms with E-state index in [0.717, 1.165) is 35.0 Å². The van der Waals surface area contributed by atoms with Gasteiger partial charge in [-0.15, -0.1) is 11.3 Å². The molecule has 4 aromatic rings. The molecule has 6 rings (SSSR count). The third kappa shape index (κ3) is 4.49. The molecule has 188 valence electrons. The molecule has 10 heteroatoms. The Kier molecular flexibility index (Phi) is 5.77.